The molecule has 1 saturated carbocycles. The number of hydrogen-bond acceptors (Lipinski definition) is 6. The van der Waals surface area contributed by atoms with Gasteiger partial charge in [-0.2, -0.15) is 0 Å². The van der Waals surface area contributed by atoms with Gasteiger partial charge in [0.25, 0.3) is 5.56 Å². The van der Waals surface area contributed by atoms with E-state index in [4.69, 9.17) is 9.15 Å². The van der Waals surface area contributed by atoms with Crippen LogP contribution in [0, 0.1) is 12.8 Å². The highest BCUT2D eigenvalue weighted by molar-refractivity contribution is 6.03. The summed E-state index contributed by atoms with van der Waals surface area (Å²) in [7, 11) is 0. The average molecular weight is 401 g/mol. The van der Waals surface area contributed by atoms with Crippen molar-refractivity contribution in [3.05, 3.63) is 28.0 Å². The Morgan fingerprint density at radius 3 is 2.79 bits per heavy atom. The number of aryl methyl sites for hydroxylation is 1. The number of ether oxygens (including phenoxy) is 1. The number of nitrogens with zero attached hydrogens (tertiary/aromatic N) is 3. The number of carbonyl (C=O) groups excluding carboxylic acids is 2. The summed E-state index contributed by atoms with van der Waals surface area (Å²) >= 11 is 0. The number of fused-ring (bicyclic) bond motifs is 2. The molecule has 0 radical (unpaired) electrons. The van der Waals surface area contributed by atoms with Crippen LogP contribution in [-0.2, 0) is 16.1 Å². The van der Waals surface area contributed by atoms with Crippen LogP contribution in [0.25, 0.3) is 11.1 Å². The van der Waals surface area contributed by atoms with Gasteiger partial charge in [-0.1, -0.05) is 12.8 Å². The standard InChI is InChI=1S/C21H27N3O5/c1-3-28-21(27)17-13(2)29-19-18(17)20(26)23(12-22-19)11-16(25)24-10-6-8-14-7-4-5-9-15(14)24/h12,14-15H,3-11H2,1-2H3/t14-,15-/m0/s1. The maximum Gasteiger partial charge on any atom is 0.342 e. The number of furan rings is 1. The summed E-state index contributed by atoms with van der Waals surface area (Å²) in [6.45, 7) is 4.14. The second kappa shape index (κ2) is 8.00. The Balaban J connectivity index is 1.63. The first kappa shape index (κ1) is 19.7. The first-order chi connectivity index (χ1) is 14.0. The summed E-state index contributed by atoms with van der Waals surface area (Å²) in [5.41, 5.74) is -0.281. The van der Waals surface area contributed by atoms with Crippen LogP contribution in [0.1, 0.15) is 61.6 Å². The van der Waals surface area contributed by atoms with Crippen molar-refractivity contribution in [1.29, 1.82) is 0 Å². The lowest BCUT2D eigenvalue weighted by Gasteiger charge is -2.44. The van der Waals surface area contributed by atoms with E-state index in [1.165, 1.54) is 30.2 Å². The fourth-order valence-electron chi connectivity index (χ4n) is 4.87. The van der Waals surface area contributed by atoms with E-state index in [-0.39, 0.29) is 47.5 Å². The molecular formula is C21H27N3O5. The van der Waals surface area contributed by atoms with Gasteiger partial charge in [-0.15, -0.1) is 0 Å². The van der Waals surface area contributed by atoms with Crippen molar-refractivity contribution >= 4 is 23.0 Å². The first-order valence-corrected chi connectivity index (χ1v) is 10.5. The van der Waals surface area contributed by atoms with E-state index in [1.807, 2.05) is 4.90 Å². The van der Waals surface area contributed by atoms with Crippen LogP contribution in [0.15, 0.2) is 15.5 Å². The Kier molecular flexibility index (Phi) is 5.43. The van der Waals surface area contributed by atoms with Crippen molar-refractivity contribution < 1.29 is 18.7 Å². The summed E-state index contributed by atoms with van der Waals surface area (Å²) in [5.74, 6) is 0.175. The minimum absolute atomic E-state index is 0.0669. The van der Waals surface area contributed by atoms with Crippen LogP contribution in [0.4, 0.5) is 0 Å². The number of esters is 1. The van der Waals surface area contributed by atoms with Crippen LogP contribution in [0.5, 0.6) is 0 Å². The van der Waals surface area contributed by atoms with Crippen molar-refractivity contribution in [2.75, 3.05) is 13.2 Å². The van der Waals surface area contributed by atoms with E-state index in [1.54, 1.807) is 13.8 Å². The van der Waals surface area contributed by atoms with E-state index >= 15 is 0 Å². The number of amides is 1. The molecule has 2 fully saturated rings. The van der Waals surface area contributed by atoms with Crippen molar-refractivity contribution in [3.8, 4) is 0 Å². The minimum Gasteiger partial charge on any atom is -0.462 e. The van der Waals surface area contributed by atoms with Gasteiger partial charge in [0.2, 0.25) is 11.6 Å². The summed E-state index contributed by atoms with van der Waals surface area (Å²) in [6.07, 6.45) is 8.11. The largest absolute Gasteiger partial charge is 0.462 e. The van der Waals surface area contributed by atoms with E-state index in [0.717, 1.165) is 25.8 Å². The summed E-state index contributed by atoms with van der Waals surface area (Å²) in [6, 6.07) is 0.281. The molecule has 0 spiro atoms. The van der Waals surface area contributed by atoms with E-state index in [2.05, 4.69) is 4.98 Å². The van der Waals surface area contributed by atoms with Gasteiger partial charge in [-0.3, -0.25) is 14.2 Å². The third kappa shape index (κ3) is 3.56. The van der Waals surface area contributed by atoms with Gasteiger partial charge in [0.15, 0.2) is 0 Å². The van der Waals surface area contributed by atoms with Crippen LogP contribution in [0.3, 0.4) is 0 Å². The smallest absolute Gasteiger partial charge is 0.342 e. The number of carbonyl (C=O) groups is 2. The third-order valence-electron chi connectivity index (χ3n) is 6.20. The van der Waals surface area contributed by atoms with Crippen LogP contribution in [-0.4, -0.2) is 45.5 Å². The van der Waals surface area contributed by atoms with Gasteiger partial charge in [0, 0.05) is 12.6 Å². The number of rotatable bonds is 4. The SMILES string of the molecule is CCOC(=O)c1c(C)oc2ncn(CC(=O)N3CCC[C@@H]4CCCC[C@@H]43)c(=O)c12. The minimum atomic E-state index is -0.618. The molecule has 156 valence electrons. The van der Waals surface area contributed by atoms with Crippen molar-refractivity contribution in [3.63, 3.8) is 0 Å². The molecule has 2 atom stereocenters. The molecule has 1 aliphatic carbocycles. The highest BCUT2D eigenvalue weighted by Crippen LogP contribution is 2.35. The average Bonchev–Trinajstić information content (AvgIpc) is 3.06. The molecule has 0 aromatic carbocycles. The number of aromatic nitrogens is 2. The summed E-state index contributed by atoms with van der Waals surface area (Å²) in [5, 5.41) is 0.0745. The van der Waals surface area contributed by atoms with Gasteiger partial charge in [-0.25, -0.2) is 9.78 Å². The Hall–Kier alpha value is -2.64. The quantitative estimate of drug-likeness (QED) is 0.731. The molecule has 8 heteroatoms. The molecule has 29 heavy (non-hydrogen) atoms. The Labute approximate surface area is 168 Å². The second-order valence-electron chi connectivity index (χ2n) is 7.95. The Morgan fingerprint density at radius 1 is 1.24 bits per heavy atom. The number of piperidine rings is 1. The third-order valence-corrected chi connectivity index (χ3v) is 6.20. The van der Waals surface area contributed by atoms with Gasteiger partial charge in [0.05, 0.1) is 6.61 Å². The van der Waals surface area contributed by atoms with Gasteiger partial charge < -0.3 is 14.1 Å². The summed E-state index contributed by atoms with van der Waals surface area (Å²) in [4.78, 5) is 44.5. The maximum absolute atomic E-state index is 13.1. The lowest BCUT2D eigenvalue weighted by Crippen LogP contribution is -2.51. The topological polar surface area (TPSA) is 94.6 Å². The molecule has 0 N–H and O–H groups in total. The van der Waals surface area contributed by atoms with Crippen molar-refractivity contribution in [2.24, 2.45) is 5.92 Å². The lowest BCUT2D eigenvalue weighted by atomic mass is 9.78. The zero-order valence-electron chi connectivity index (χ0n) is 17.0. The fourth-order valence-corrected chi connectivity index (χ4v) is 4.87. The molecule has 4 rings (SSSR count). The van der Waals surface area contributed by atoms with Crippen LogP contribution in [0.2, 0.25) is 0 Å². The van der Waals surface area contributed by atoms with Crippen molar-refractivity contribution in [2.45, 2.75) is 65.0 Å². The molecule has 0 unspecified atom stereocenters. The highest BCUT2D eigenvalue weighted by Gasteiger charge is 2.35. The van der Waals surface area contributed by atoms with Gasteiger partial charge in [0.1, 0.15) is 29.6 Å². The second-order valence-corrected chi connectivity index (χ2v) is 7.95. The molecule has 8 nitrogen and oxygen atoms in total. The Bertz CT molecular complexity index is 990. The molecule has 2 aliphatic rings. The fraction of sp³-hybridized carbons (Fsp3) is 0.619. The van der Waals surface area contributed by atoms with Crippen LogP contribution < -0.4 is 5.56 Å². The molecule has 1 amide bonds. The van der Waals surface area contributed by atoms with Gasteiger partial charge in [-0.05, 0) is 45.4 Å². The maximum atomic E-state index is 13.1. The van der Waals surface area contributed by atoms with E-state index < -0.39 is 11.5 Å². The molecular weight excluding hydrogens is 374 g/mol. The monoisotopic (exact) mass is 401 g/mol. The van der Waals surface area contributed by atoms with Crippen molar-refractivity contribution in [1.82, 2.24) is 14.5 Å². The predicted molar refractivity (Wildman–Crippen MR) is 106 cm³/mol. The Morgan fingerprint density at radius 2 is 2.00 bits per heavy atom. The van der Waals surface area contributed by atoms with Gasteiger partial charge >= 0.3 is 5.97 Å². The highest BCUT2D eigenvalue weighted by atomic mass is 16.5. The lowest BCUT2D eigenvalue weighted by molar-refractivity contribution is -0.138. The van der Waals surface area contributed by atoms with E-state index in [9.17, 15) is 14.4 Å². The number of hydrogen-bond donors (Lipinski definition) is 0. The molecule has 1 aliphatic heterocycles. The zero-order chi connectivity index (χ0) is 20.5. The predicted octanol–water partition coefficient (Wildman–Crippen LogP) is 2.66. The molecule has 3 heterocycles. The molecule has 1 saturated heterocycles. The first-order valence-electron chi connectivity index (χ1n) is 10.5. The van der Waals surface area contributed by atoms with E-state index in [0.29, 0.717) is 5.92 Å². The normalized spacial score (nSPS) is 21.8. The molecule has 2 aromatic heterocycles. The number of likely N-dealkylation sites (tertiary alicyclic amines) is 1. The summed E-state index contributed by atoms with van der Waals surface area (Å²) < 4.78 is 11.8. The molecule has 0 bridgehead atoms. The zero-order valence-corrected chi connectivity index (χ0v) is 17.0. The molecule has 2 aromatic rings. The van der Waals surface area contributed by atoms with Crippen LogP contribution >= 0.6 is 0 Å².